The Hall–Kier alpha value is -2.48. The molecule has 7 nitrogen and oxygen atoms in total. The molecule has 2 aliphatic heterocycles. The molecule has 2 atom stereocenters. The van der Waals surface area contributed by atoms with Crippen LogP contribution in [0.3, 0.4) is 0 Å². The second-order valence-corrected chi connectivity index (χ2v) is 7.38. The van der Waals surface area contributed by atoms with Crippen molar-refractivity contribution in [2.75, 3.05) is 31.6 Å². The fourth-order valence-electron chi connectivity index (χ4n) is 3.89. The van der Waals surface area contributed by atoms with Gasteiger partial charge in [-0.2, -0.15) is 0 Å². The van der Waals surface area contributed by atoms with Crippen molar-refractivity contribution in [3.8, 4) is 11.5 Å². The fourth-order valence-corrected chi connectivity index (χ4v) is 3.89. The Morgan fingerprint density at radius 3 is 2.82 bits per heavy atom. The predicted octanol–water partition coefficient (Wildman–Crippen LogP) is 2.43. The summed E-state index contributed by atoms with van der Waals surface area (Å²) in [5.41, 5.74) is 0.313. The van der Waals surface area contributed by atoms with Gasteiger partial charge in [0.1, 0.15) is 11.5 Å². The zero-order valence-electron chi connectivity index (χ0n) is 15.7. The van der Waals surface area contributed by atoms with E-state index in [0.717, 1.165) is 32.4 Å². The number of ether oxygens (including phenoxy) is 2. The van der Waals surface area contributed by atoms with Crippen LogP contribution in [-0.4, -0.2) is 58.8 Å². The number of nitrogens with zero attached hydrogens (tertiary/aromatic N) is 2. The molecule has 28 heavy (non-hydrogen) atoms. The summed E-state index contributed by atoms with van der Waals surface area (Å²) in [6, 6.07) is 10.8. The normalized spacial score (nSPS) is 25.0. The third-order valence-electron chi connectivity index (χ3n) is 5.40. The van der Waals surface area contributed by atoms with Gasteiger partial charge in [-0.15, -0.1) is 0 Å². The third kappa shape index (κ3) is 4.32. The summed E-state index contributed by atoms with van der Waals surface area (Å²) < 4.78 is 11.5. The van der Waals surface area contributed by atoms with E-state index in [1.54, 1.807) is 36.7 Å². The average molecular weight is 383 g/mol. The average Bonchev–Trinajstić information content (AvgIpc) is 3.17. The van der Waals surface area contributed by atoms with Crippen LogP contribution in [0.5, 0.6) is 11.5 Å². The topological polar surface area (TPSA) is 83.9 Å². The number of aliphatic hydroxyl groups excluding tert-OH is 1. The molecule has 2 aromatic rings. The number of amides is 1. The van der Waals surface area contributed by atoms with Gasteiger partial charge in [-0.3, -0.25) is 14.7 Å². The van der Waals surface area contributed by atoms with Crippen LogP contribution in [0, 0.1) is 0 Å². The van der Waals surface area contributed by atoms with Crippen LogP contribution in [0.25, 0.3) is 0 Å². The number of nitrogens with one attached hydrogen (secondary N) is 1. The maximum atomic E-state index is 12.4. The minimum Gasteiger partial charge on any atom is -0.456 e. The third-order valence-corrected chi connectivity index (χ3v) is 5.40. The Kier molecular flexibility index (Phi) is 5.57. The zero-order valence-corrected chi connectivity index (χ0v) is 15.7. The minimum atomic E-state index is -0.541. The van der Waals surface area contributed by atoms with Crippen molar-refractivity contribution < 1.29 is 19.4 Å². The van der Waals surface area contributed by atoms with Crippen molar-refractivity contribution >= 4 is 11.6 Å². The van der Waals surface area contributed by atoms with E-state index in [1.165, 1.54) is 0 Å². The van der Waals surface area contributed by atoms with Crippen LogP contribution in [0.1, 0.15) is 19.3 Å². The minimum absolute atomic E-state index is 0.101. The molecule has 7 heteroatoms. The Balaban J connectivity index is 1.27. The van der Waals surface area contributed by atoms with Gasteiger partial charge in [0.25, 0.3) is 0 Å². The Morgan fingerprint density at radius 2 is 2.14 bits per heavy atom. The van der Waals surface area contributed by atoms with Gasteiger partial charge < -0.3 is 19.9 Å². The fraction of sp³-hybridized carbons (Fsp3) is 0.429. The second-order valence-electron chi connectivity index (χ2n) is 7.38. The van der Waals surface area contributed by atoms with E-state index < -0.39 is 11.7 Å². The number of hydrogen-bond donors (Lipinski definition) is 2. The molecule has 2 aliphatic rings. The first-order valence-electron chi connectivity index (χ1n) is 9.65. The van der Waals surface area contributed by atoms with Gasteiger partial charge in [-0.25, -0.2) is 0 Å². The van der Waals surface area contributed by atoms with E-state index in [4.69, 9.17) is 9.47 Å². The van der Waals surface area contributed by atoms with Gasteiger partial charge in [0, 0.05) is 31.6 Å². The van der Waals surface area contributed by atoms with E-state index in [9.17, 15) is 9.90 Å². The molecular formula is C21H25N3O4. The molecule has 0 unspecified atom stereocenters. The smallest absolute Gasteiger partial charge is 0.238 e. The van der Waals surface area contributed by atoms with Crippen molar-refractivity contribution in [1.29, 1.82) is 0 Å². The van der Waals surface area contributed by atoms with Gasteiger partial charge in [-0.05, 0) is 55.7 Å². The molecule has 0 bridgehead atoms. The molecule has 1 spiro atoms. The molecule has 3 heterocycles. The summed E-state index contributed by atoms with van der Waals surface area (Å²) in [7, 11) is 0. The standard InChI is InChI=1S/C21H25N3O4/c25-19-14-24(11-9-21(19)8-2-12-27-21)15-20(26)23-16-4-6-17(7-5-16)28-18-3-1-10-22-13-18/h1,3-7,10,13,19,25H,2,8-9,11-12,14-15H2,(H,23,26)/t19-,21-/m0/s1. The summed E-state index contributed by atoms with van der Waals surface area (Å²) in [5.74, 6) is 1.23. The van der Waals surface area contributed by atoms with Crippen LogP contribution < -0.4 is 10.1 Å². The van der Waals surface area contributed by atoms with Crippen LogP contribution >= 0.6 is 0 Å². The largest absolute Gasteiger partial charge is 0.456 e. The lowest BCUT2D eigenvalue weighted by molar-refractivity contribution is -0.135. The molecule has 1 aromatic heterocycles. The summed E-state index contributed by atoms with van der Waals surface area (Å²) in [6.07, 6.45) is 5.46. The number of carbonyl (C=O) groups is 1. The molecular weight excluding hydrogens is 358 g/mol. The van der Waals surface area contributed by atoms with Crippen molar-refractivity contribution in [2.24, 2.45) is 0 Å². The second kappa shape index (κ2) is 8.26. The highest BCUT2D eigenvalue weighted by molar-refractivity contribution is 5.92. The van der Waals surface area contributed by atoms with E-state index in [-0.39, 0.29) is 12.5 Å². The number of carbonyl (C=O) groups excluding carboxylic acids is 1. The number of β-amino-alcohol motifs (C(OH)–C–C–N with tert-alkyl or cyclic N) is 1. The number of piperidine rings is 1. The van der Waals surface area contributed by atoms with Crippen LogP contribution in [-0.2, 0) is 9.53 Å². The number of hydrogen-bond acceptors (Lipinski definition) is 6. The maximum Gasteiger partial charge on any atom is 0.238 e. The first kappa shape index (κ1) is 18.9. The number of aliphatic hydroxyl groups is 1. The summed E-state index contributed by atoms with van der Waals surface area (Å²) in [6.45, 7) is 2.19. The van der Waals surface area contributed by atoms with Crippen LogP contribution in [0.15, 0.2) is 48.8 Å². The summed E-state index contributed by atoms with van der Waals surface area (Å²) >= 11 is 0. The molecule has 2 N–H and O–H groups in total. The van der Waals surface area contributed by atoms with E-state index in [0.29, 0.717) is 23.7 Å². The highest BCUT2D eigenvalue weighted by Gasteiger charge is 2.45. The number of aromatic nitrogens is 1. The molecule has 4 rings (SSSR count). The summed E-state index contributed by atoms with van der Waals surface area (Å²) in [5, 5.41) is 13.4. The SMILES string of the molecule is O=C(CN1CC[C@@]2(CCCO2)[C@@H](O)C1)Nc1ccc(Oc2cccnc2)cc1. The van der Waals surface area contributed by atoms with Crippen molar-refractivity contribution in [3.05, 3.63) is 48.8 Å². The van der Waals surface area contributed by atoms with E-state index in [1.807, 2.05) is 17.0 Å². The number of rotatable bonds is 5. The zero-order chi connectivity index (χ0) is 19.4. The van der Waals surface area contributed by atoms with Gasteiger partial charge >= 0.3 is 0 Å². The van der Waals surface area contributed by atoms with Crippen molar-refractivity contribution in [1.82, 2.24) is 9.88 Å². The monoisotopic (exact) mass is 383 g/mol. The highest BCUT2D eigenvalue weighted by Crippen LogP contribution is 2.35. The molecule has 0 aliphatic carbocycles. The number of benzene rings is 1. The van der Waals surface area contributed by atoms with E-state index >= 15 is 0 Å². The molecule has 2 saturated heterocycles. The van der Waals surface area contributed by atoms with Crippen molar-refractivity contribution in [2.45, 2.75) is 31.0 Å². The van der Waals surface area contributed by atoms with Gasteiger partial charge in [0.05, 0.1) is 24.4 Å². The quantitative estimate of drug-likeness (QED) is 0.825. The van der Waals surface area contributed by atoms with Crippen LogP contribution in [0.2, 0.25) is 0 Å². The lowest BCUT2D eigenvalue weighted by Crippen LogP contribution is -2.56. The Labute approximate surface area is 164 Å². The Morgan fingerprint density at radius 1 is 1.29 bits per heavy atom. The lowest BCUT2D eigenvalue weighted by atomic mass is 9.86. The van der Waals surface area contributed by atoms with Gasteiger partial charge in [-0.1, -0.05) is 0 Å². The van der Waals surface area contributed by atoms with Gasteiger partial charge in [0.2, 0.25) is 5.91 Å². The first-order valence-corrected chi connectivity index (χ1v) is 9.65. The molecule has 1 aromatic carbocycles. The molecule has 148 valence electrons. The predicted molar refractivity (Wildman–Crippen MR) is 104 cm³/mol. The number of anilines is 1. The molecule has 2 fully saturated rings. The van der Waals surface area contributed by atoms with Crippen LogP contribution in [0.4, 0.5) is 5.69 Å². The first-order chi connectivity index (χ1) is 13.6. The molecule has 0 saturated carbocycles. The molecule has 1 amide bonds. The van der Waals surface area contributed by atoms with E-state index in [2.05, 4.69) is 10.3 Å². The van der Waals surface area contributed by atoms with Gasteiger partial charge in [0.15, 0.2) is 0 Å². The van der Waals surface area contributed by atoms with Crippen molar-refractivity contribution in [3.63, 3.8) is 0 Å². The Bertz CT molecular complexity index is 791. The maximum absolute atomic E-state index is 12.4. The number of likely N-dealkylation sites (tertiary alicyclic amines) is 1. The number of pyridine rings is 1. The highest BCUT2D eigenvalue weighted by atomic mass is 16.5. The molecule has 0 radical (unpaired) electrons. The lowest BCUT2D eigenvalue weighted by Gasteiger charge is -2.42. The summed E-state index contributed by atoms with van der Waals surface area (Å²) in [4.78, 5) is 18.4.